The Kier molecular flexibility index (Phi) is 3.93. The number of aromatic amines is 1. The van der Waals surface area contributed by atoms with Gasteiger partial charge in [-0.2, -0.15) is 5.10 Å². The number of hydrogen-bond acceptors (Lipinski definition) is 4. The normalized spacial score (nSPS) is 19.6. The second kappa shape index (κ2) is 5.63. The second-order valence-corrected chi connectivity index (χ2v) is 4.06. The van der Waals surface area contributed by atoms with Crippen LogP contribution >= 0.6 is 0 Å². The molecule has 98 valence electrons. The van der Waals surface area contributed by atoms with Crippen LogP contribution in [0.4, 0.5) is 4.79 Å². The summed E-state index contributed by atoms with van der Waals surface area (Å²) in [4.78, 5) is 17.7. The van der Waals surface area contributed by atoms with Gasteiger partial charge < -0.3 is 15.0 Å². The number of hydrogen-bond donors (Lipinski definition) is 2. The van der Waals surface area contributed by atoms with Crippen LogP contribution in [0.2, 0.25) is 0 Å². The molecule has 0 aliphatic carbocycles. The van der Waals surface area contributed by atoms with E-state index < -0.39 is 0 Å². The van der Waals surface area contributed by atoms with Gasteiger partial charge in [0.25, 0.3) is 0 Å². The van der Waals surface area contributed by atoms with Gasteiger partial charge in [0.1, 0.15) is 11.9 Å². The Hall–Kier alpha value is -1.89. The Bertz CT molecular complexity index is 431. The van der Waals surface area contributed by atoms with E-state index in [2.05, 4.69) is 27.1 Å². The average molecular weight is 251 g/mol. The second-order valence-electron chi connectivity index (χ2n) is 4.06. The molecule has 7 nitrogen and oxygen atoms in total. The van der Waals surface area contributed by atoms with Crippen molar-refractivity contribution in [3.05, 3.63) is 24.3 Å². The van der Waals surface area contributed by atoms with Crippen molar-refractivity contribution >= 4 is 6.03 Å². The molecule has 1 aromatic rings. The summed E-state index contributed by atoms with van der Waals surface area (Å²) in [6, 6.07) is -0.115. The maximum Gasteiger partial charge on any atom is 0.317 e. The maximum atomic E-state index is 11.8. The zero-order chi connectivity index (χ0) is 13.0. The highest BCUT2D eigenvalue weighted by Gasteiger charge is 2.27. The lowest BCUT2D eigenvalue weighted by molar-refractivity contribution is -0.0197. The molecule has 1 aliphatic rings. The van der Waals surface area contributed by atoms with E-state index in [1.54, 1.807) is 11.0 Å². The lowest BCUT2D eigenvalue weighted by Gasteiger charge is -2.31. The van der Waals surface area contributed by atoms with Crippen LogP contribution in [-0.4, -0.2) is 52.4 Å². The van der Waals surface area contributed by atoms with Crippen molar-refractivity contribution in [3.63, 3.8) is 0 Å². The fraction of sp³-hybridized carbons (Fsp3) is 0.545. The van der Waals surface area contributed by atoms with Crippen LogP contribution in [0, 0.1) is 6.92 Å². The molecule has 1 aliphatic heterocycles. The molecule has 1 atom stereocenters. The first-order chi connectivity index (χ1) is 8.70. The largest absolute Gasteiger partial charge is 0.366 e. The fourth-order valence-corrected chi connectivity index (χ4v) is 1.77. The topological polar surface area (TPSA) is 83.1 Å². The van der Waals surface area contributed by atoms with E-state index in [4.69, 9.17) is 4.74 Å². The molecule has 7 heteroatoms. The third kappa shape index (κ3) is 2.86. The van der Waals surface area contributed by atoms with Crippen molar-refractivity contribution in [1.82, 2.24) is 25.4 Å². The Labute approximate surface area is 105 Å². The van der Waals surface area contributed by atoms with Gasteiger partial charge in [-0.15, -0.1) is 6.58 Å². The summed E-state index contributed by atoms with van der Waals surface area (Å²) in [6.45, 7) is 7.36. The minimum atomic E-state index is -0.266. The SMILES string of the molecule is C=CCNC(=O)N1CCO[C@H](c2n[nH]c(C)n2)C1. The van der Waals surface area contributed by atoms with E-state index in [-0.39, 0.29) is 12.1 Å². The van der Waals surface area contributed by atoms with Gasteiger partial charge in [0.05, 0.1) is 13.2 Å². The minimum Gasteiger partial charge on any atom is -0.366 e. The van der Waals surface area contributed by atoms with Crippen LogP contribution in [-0.2, 0) is 4.74 Å². The maximum absolute atomic E-state index is 11.8. The first kappa shape index (κ1) is 12.6. The van der Waals surface area contributed by atoms with E-state index in [0.717, 1.165) is 5.82 Å². The lowest BCUT2D eigenvalue weighted by Crippen LogP contribution is -2.47. The number of carbonyl (C=O) groups is 1. The molecule has 2 rings (SSSR count). The van der Waals surface area contributed by atoms with E-state index >= 15 is 0 Å². The van der Waals surface area contributed by atoms with Gasteiger partial charge in [-0.3, -0.25) is 5.10 Å². The summed E-state index contributed by atoms with van der Waals surface area (Å²) < 4.78 is 5.58. The molecule has 0 aromatic carbocycles. The Morgan fingerprint density at radius 3 is 3.28 bits per heavy atom. The van der Waals surface area contributed by atoms with Gasteiger partial charge in [-0.1, -0.05) is 6.08 Å². The number of H-pyrrole nitrogens is 1. The van der Waals surface area contributed by atoms with Gasteiger partial charge in [-0.25, -0.2) is 9.78 Å². The van der Waals surface area contributed by atoms with Crippen molar-refractivity contribution in [2.75, 3.05) is 26.2 Å². The zero-order valence-corrected chi connectivity index (χ0v) is 10.3. The van der Waals surface area contributed by atoms with E-state index in [1.807, 2.05) is 6.92 Å². The highest BCUT2D eigenvalue weighted by atomic mass is 16.5. The Balaban J connectivity index is 1.96. The molecule has 1 fully saturated rings. The van der Waals surface area contributed by atoms with Crippen LogP contribution in [0.25, 0.3) is 0 Å². The van der Waals surface area contributed by atoms with Crippen LogP contribution in [0.3, 0.4) is 0 Å². The summed E-state index contributed by atoms with van der Waals surface area (Å²) in [5.41, 5.74) is 0. The van der Waals surface area contributed by atoms with E-state index in [1.165, 1.54) is 0 Å². The fourth-order valence-electron chi connectivity index (χ4n) is 1.77. The molecule has 2 heterocycles. The van der Waals surface area contributed by atoms with E-state index in [9.17, 15) is 4.79 Å². The summed E-state index contributed by atoms with van der Waals surface area (Å²) in [5, 5.41) is 9.57. The zero-order valence-electron chi connectivity index (χ0n) is 10.3. The van der Waals surface area contributed by atoms with Gasteiger partial charge in [0.2, 0.25) is 0 Å². The molecule has 0 spiro atoms. The number of morpholine rings is 1. The molecule has 2 N–H and O–H groups in total. The number of urea groups is 1. The van der Waals surface area contributed by atoms with Crippen molar-refractivity contribution in [2.45, 2.75) is 13.0 Å². The third-order valence-electron chi connectivity index (χ3n) is 2.65. The van der Waals surface area contributed by atoms with Crippen molar-refractivity contribution in [3.8, 4) is 0 Å². The molecule has 0 radical (unpaired) electrons. The molecular weight excluding hydrogens is 234 g/mol. The summed E-state index contributed by atoms with van der Waals surface area (Å²) in [7, 11) is 0. The molecular formula is C11H17N5O2. The quantitative estimate of drug-likeness (QED) is 0.761. The molecule has 0 bridgehead atoms. The molecule has 2 amide bonds. The third-order valence-corrected chi connectivity index (χ3v) is 2.65. The van der Waals surface area contributed by atoms with Crippen LogP contribution < -0.4 is 5.32 Å². The van der Waals surface area contributed by atoms with Gasteiger partial charge in [0, 0.05) is 13.1 Å². The first-order valence-corrected chi connectivity index (χ1v) is 5.85. The number of carbonyl (C=O) groups excluding carboxylic acids is 1. The van der Waals surface area contributed by atoms with Gasteiger partial charge in [-0.05, 0) is 6.92 Å². The lowest BCUT2D eigenvalue weighted by atomic mass is 10.2. The summed E-state index contributed by atoms with van der Waals surface area (Å²) in [6.07, 6.45) is 1.38. The Morgan fingerprint density at radius 2 is 2.61 bits per heavy atom. The first-order valence-electron chi connectivity index (χ1n) is 5.85. The molecule has 18 heavy (non-hydrogen) atoms. The number of nitrogens with one attached hydrogen (secondary N) is 2. The highest BCUT2D eigenvalue weighted by Crippen LogP contribution is 2.18. The number of rotatable bonds is 3. The summed E-state index contributed by atoms with van der Waals surface area (Å²) in [5.74, 6) is 1.33. The number of nitrogens with zero attached hydrogens (tertiary/aromatic N) is 3. The van der Waals surface area contributed by atoms with Gasteiger partial charge >= 0.3 is 6.03 Å². The standard InChI is InChI=1S/C11H17N5O2/c1-3-4-12-11(17)16-5-6-18-9(7-16)10-13-8(2)14-15-10/h3,9H,1,4-7H2,2H3,(H,12,17)(H,13,14,15)/t9-/m0/s1. The molecule has 0 unspecified atom stereocenters. The van der Waals surface area contributed by atoms with Crippen LogP contribution in [0.15, 0.2) is 12.7 Å². The monoisotopic (exact) mass is 251 g/mol. The Morgan fingerprint density at radius 1 is 1.78 bits per heavy atom. The highest BCUT2D eigenvalue weighted by molar-refractivity contribution is 5.74. The van der Waals surface area contributed by atoms with Crippen LogP contribution in [0.5, 0.6) is 0 Å². The number of amides is 2. The number of ether oxygens (including phenoxy) is 1. The summed E-state index contributed by atoms with van der Waals surface area (Å²) >= 11 is 0. The predicted molar refractivity (Wildman–Crippen MR) is 65.0 cm³/mol. The predicted octanol–water partition coefficient (Wildman–Crippen LogP) is 0.382. The average Bonchev–Trinajstić information content (AvgIpc) is 2.83. The van der Waals surface area contributed by atoms with E-state index in [0.29, 0.717) is 32.1 Å². The van der Waals surface area contributed by atoms with Gasteiger partial charge in [0.15, 0.2) is 5.82 Å². The van der Waals surface area contributed by atoms with Crippen molar-refractivity contribution < 1.29 is 9.53 Å². The van der Waals surface area contributed by atoms with Crippen molar-refractivity contribution in [2.24, 2.45) is 0 Å². The minimum absolute atomic E-state index is 0.115. The van der Waals surface area contributed by atoms with Crippen molar-refractivity contribution in [1.29, 1.82) is 0 Å². The number of aryl methyl sites for hydroxylation is 1. The molecule has 1 aromatic heterocycles. The molecule has 0 saturated carbocycles. The smallest absolute Gasteiger partial charge is 0.317 e. The molecule has 1 saturated heterocycles. The van der Waals surface area contributed by atoms with Crippen LogP contribution in [0.1, 0.15) is 17.8 Å². The number of aromatic nitrogens is 3.